The summed E-state index contributed by atoms with van der Waals surface area (Å²) in [5.41, 5.74) is 2.04. The fourth-order valence-corrected chi connectivity index (χ4v) is 4.93. The molecule has 1 aromatic rings. The average molecular weight is 351 g/mol. The predicted molar refractivity (Wildman–Crippen MR) is 99.3 cm³/mol. The van der Waals surface area contributed by atoms with Crippen LogP contribution >= 0.6 is 0 Å². The van der Waals surface area contributed by atoms with Crippen LogP contribution in [-0.2, 0) is 4.79 Å². The minimum absolute atomic E-state index is 0.0423. The quantitative estimate of drug-likeness (QED) is 0.837. The zero-order valence-electron chi connectivity index (χ0n) is 15.5. The maximum absolute atomic E-state index is 13.2. The van der Waals surface area contributed by atoms with Crippen LogP contribution in [0.15, 0.2) is 35.4 Å². The number of carbonyl (C=O) groups is 3. The highest BCUT2D eigenvalue weighted by Gasteiger charge is 2.43. The third-order valence-corrected chi connectivity index (χ3v) is 6.58. The van der Waals surface area contributed by atoms with E-state index in [1.54, 1.807) is 24.3 Å². The number of fused-ring (bicyclic) bond motifs is 1. The van der Waals surface area contributed by atoms with Gasteiger partial charge in [-0.1, -0.05) is 31.2 Å². The van der Waals surface area contributed by atoms with E-state index in [-0.39, 0.29) is 35.6 Å². The molecule has 0 spiro atoms. The molecule has 0 saturated carbocycles. The molecule has 4 nitrogen and oxygen atoms in total. The summed E-state index contributed by atoms with van der Waals surface area (Å²) in [6.07, 6.45) is 4.25. The zero-order valence-corrected chi connectivity index (χ0v) is 15.5. The number of ketones is 3. The molecule has 0 amide bonds. The fourth-order valence-electron chi connectivity index (χ4n) is 4.93. The van der Waals surface area contributed by atoms with E-state index in [0.717, 1.165) is 19.4 Å². The average Bonchev–Trinajstić information content (AvgIpc) is 3.05. The molecule has 136 valence electrons. The summed E-state index contributed by atoms with van der Waals surface area (Å²) < 4.78 is 0. The van der Waals surface area contributed by atoms with Crippen molar-refractivity contribution in [1.82, 2.24) is 4.90 Å². The first-order valence-electron chi connectivity index (χ1n) is 9.63. The second kappa shape index (κ2) is 6.58. The maximum atomic E-state index is 13.2. The summed E-state index contributed by atoms with van der Waals surface area (Å²) in [5, 5.41) is 0. The monoisotopic (exact) mass is 351 g/mol. The molecule has 0 radical (unpaired) electrons. The molecule has 2 aliphatic carbocycles. The van der Waals surface area contributed by atoms with Gasteiger partial charge >= 0.3 is 0 Å². The van der Waals surface area contributed by atoms with Crippen LogP contribution in [0, 0.1) is 11.8 Å². The lowest BCUT2D eigenvalue weighted by atomic mass is 9.66. The molecule has 1 aromatic carbocycles. The van der Waals surface area contributed by atoms with E-state index in [2.05, 4.69) is 11.9 Å². The van der Waals surface area contributed by atoms with Gasteiger partial charge in [0.05, 0.1) is 0 Å². The number of allylic oxidation sites excluding steroid dienone is 2. The Morgan fingerprint density at radius 2 is 1.73 bits per heavy atom. The Hall–Kier alpha value is -2.07. The molecule has 0 aromatic heterocycles. The Morgan fingerprint density at radius 1 is 1.04 bits per heavy atom. The normalized spacial score (nSPS) is 29.2. The van der Waals surface area contributed by atoms with Gasteiger partial charge in [-0.05, 0) is 45.2 Å². The lowest BCUT2D eigenvalue weighted by Gasteiger charge is -2.35. The minimum atomic E-state index is -0.192. The van der Waals surface area contributed by atoms with Crippen LogP contribution in [0.25, 0.3) is 0 Å². The molecule has 3 unspecified atom stereocenters. The summed E-state index contributed by atoms with van der Waals surface area (Å²) in [5.74, 6) is -0.403. The molecule has 4 rings (SSSR count). The smallest absolute Gasteiger partial charge is 0.190 e. The number of hydrogen-bond donors (Lipinski definition) is 0. The van der Waals surface area contributed by atoms with E-state index >= 15 is 0 Å². The topological polar surface area (TPSA) is 54.5 Å². The summed E-state index contributed by atoms with van der Waals surface area (Å²) in [6.45, 7) is 3.04. The molecule has 1 aliphatic heterocycles. The van der Waals surface area contributed by atoms with Crippen molar-refractivity contribution in [3.63, 3.8) is 0 Å². The van der Waals surface area contributed by atoms with Crippen LogP contribution in [0.1, 0.15) is 59.7 Å². The Morgan fingerprint density at radius 3 is 2.38 bits per heavy atom. The van der Waals surface area contributed by atoms with Crippen molar-refractivity contribution in [3.05, 3.63) is 46.5 Å². The first-order chi connectivity index (χ1) is 12.5. The van der Waals surface area contributed by atoms with Crippen LogP contribution < -0.4 is 0 Å². The van der Waals surface area contributed by atoms with Gasteiger partial charge in [-0.25, -0.2) is 0 Å². The zero-order chi connectivity index (χ0) is 18.4. The van der Waals surface area contributed by atoms with Gasteiger partial charge in [0.25, 0.3) is 0 Å². The summed E-state index contributed by atoms with van der Waals surface area (Å²) >= 11 is 0. The van der Waals surface area contributed by atoms with Crippen molar-refractivity contribution in [2.45, 2.75) is 45.1 Å². The number of carbonyl (C=O) groups excluding carboxylic acids is 3. The molecule has 3 atom stereocenters. The van der Waals surface area contributed by atoms with Gasteiger partial charge in [-0.3, -0.25) is 14.4 Å². The molecule has 4 heteroatoms. The SMILES string of the molecule is CC1C(=O)CC2=C(C(=O)c3ccccc3C2=O)C1CCC1CCCN1C. The fraction of sp³-hybridized carbons (Fsp3) is 0.500. The number of Topliss-reactive ketones (excluding diaryl/α,β-unsaturated/α-hetero) is 3. The molecule has 26 heavy (non-hydrogen) atoms. The van der Waals surface area contributed by atoms with Crippen molar-refractivity contribution in [3.8, 4) is 0 Å². The van der Waals surface area contributed by atoms with Crippen molar-refractivity contribution in [1.29, 1.82) is 0 Å². The molecule has 0 bridgehead atoms. The third-order valence-electron chi connectivity index (χ3n) is 6.58. The lowest BCUT2D eigenvalue weighted by molar-refractivity contribution is -0.123. The van der Waals surface area contributed by atoms with Gasteiger partial charge in [-0.15, -0.1) is 0 Å². The Labute approximate surface area is 154 Å². The van der Waals surface area contributed by atoms with Crippen LogP contribution in [0.5, 0.6) is 0 Å². The van der Waals surface area contributed by atoms with E-state index in [4.69, 9.17) is 0 Å². The van der Waals surface area contributed by atoms with Crippen LogP contribution in [0.2, 0.25) is 0 Å². The van der Waals surface area contributed by atoms with E-state index in [1.165, 1.54) is 12.8 Å². The van der Waals surface area contributed by atoms with Crippen molar-refractivity contribution >= 4 is 17.3 Å². The maximum Gasteiger partial charge on any atom is 0.190 e. The van der Waals surface area contributed by atoms with Crippen molar-refractivity contribution in [2.24, 2.45) is 11.8 Å². The number of likely N-dealkylation sites (tertiary alicyclic amines) is 1. The summed E-state index contributed by atoms with van der Waals surface area (Å²) in [7, 11) is 2.14. The van der Waals surface area contributed by atoms with Crippen molar-refractivity contribution in [2.75, 3.05) is 13.6 Å². The first kappa shape index (κ1) is 17.3. The van der Waals surface area contributed by atoms with E-state index in [1.807, 2.05) is 6.92 Å². The highest BCUT2D eigenvalue weighted by Crippen LogP contribution is 2.42. The van der Waals surface area contributed by atoms with Gasteiger partial charge < -0.3 is 4.90 Å². The third kappa shape index (κ3) is 2.67. The van der Waals surface area contributed by atoms with Gasteiger partial charge in [0.2, 0.25) is 0 Å². The Bertz CT molecular complexity index is 822. The van der Waals surface area contributed by atoms with Gasteiger partial charge in [0.1, 0.15) is 5.78 Å². The molecular formula is C22H25NO3. The highest BCUT2D eigenvalue weighted by atomic mass is 16.1. The molecule has 3 aliphatic rings. The second-order valence-electron chi connectivity index (χ2n) is 7.99. The largest absolute Gasteiger partial charge is 0.303 e. The molecule has 1 heterocycles. The van der Waals surface area contributed by atoms with E-state index in [9.17, 15) is 14.4 Å². The summed E-state index contributed by atoms with van der Waals surface area (Å²) in [4.78, 5) is 41.1. The molecule has 1 fully saturated rings. The highest BCUT2D eigenvalue weighted by molar-refractivity contribution is 6.28. The van der Waals surface area contributed by atoms with Crippen molar-refractivity contribution < 1.29 is 14.4 Å². The van der Waals surface area contributed by atoms with E-state index in [0.29, 0.717) is 28.3 Å². The van der Waals surface area contributed by atoms with Crippen LogP contribution in [0.3, 0.4) is 0 Å². The predicted octanol–water partition coefficient (Wildman–Crippen LogP) is 3.46. The standard InChI is InChI=1S/C22H25NO3/c1-13-15(10-9-14-6-5-11-23(14)2)20-18(12-19(13)24)21(25)16-7-3-4-8-17(16)22(20)26/h3-4,7-8,13-15H,5-6,9-12H2,1-2H3. The Kier molecular flexibility index (Phi) is 4.39. The van der Waals surface area contributed by atoms with Crippen LogP contribution in [0.4, 0.5) is 0 Å². The van der Waals surface area contributed by atoms with Gasteiger partial charge in [0, 0.05) is 40.7 Å². The van der Waals surface area contributed by atoms with Gasteiger partial charge in [0.15, 0.2) is 11.6 Å². The van der Waals surface area contributed by atoms with Crippen LogP contribution in [-0.4, -0.2) is 41.9 Å². The molecule has 1 saturated heterocycles. The number of rotatable bonds is 3. The first-order valence-corrected chi connectivity index (χ1v) is 9.63. The lowest BCUT2D eigenvalue weighted by Crippen LogP contribution is -2.38. The van der Waals surface area contributed by atoms with E-state index < -0.39 is 0 Å². The Balaban J connectivity index is 1.69. The summed E-state index contributed by atoms with van der Waals surface area (Å²) in [6, 6.07) is 7.53. The molecular weight excluding hydrogens is 326 g/mol. The number of hydrogen-bond acceptors (Lipinski definition) is 4. The second-order valence-corrected chi connectivity index (χ2v) is 7.99. The number of benzene rings is 1. The minimum Gasteiger partial charge on any atom is -0.303 e. The number of nitrogens with zero attached hydrogens (tertiary/aromatic N) is 1. The molecule has 0 N–H and O–H groups in total. The van der Waals surface area contributed by atoms with Gasteiger partial charge in [-0.2, -0.15) is 0 Å².